The lowest BCUT2D eigenvalue weighted by Crippen LogP contribution is -2.46. The van der Waals surface area contributed by atoms with E-state index < -0.39 is 0 Å². The van der Waals surface area contributed by atoms with E-state index in [1.165, 1.54) is 0 Å². The molecule has 0 atom stereocenters. The van der Waals surface area contributed by atoms with Gasteiger partial charge in [-0.3, -0.25) is 4.90 Å². The summed E-state index contributed by atoms with van der Waals surface area (Å²) >= 11 is 0. The summed E-state index contributed by atoms with van der Waals surface area (Å²) in [6.07, 6.45) is 0.930. The Morgan fingerprint density at radius 1 is 1.24 bits per heavy atom. The maximum absolute atomic E-state index is 11.8. The zero-order valence-electron chi connectivity index (χ0n) is 12.7. The van der Waals surface area contributed by atoms with Crippen LogP contribution in [0.5, 0.6) is 0 Å². The van der Waals surface area contributed by atoms with Crippen LogP contribution in [0.25, 0.3) is 0 Å². The first-order chi connectivity index (χ1) is 9.85. The Labute approximate surface area is 124 Å². The molecule has 6 nitrogen and oxygen atoms in total. The van der Waals surface area contributed by atoms with Gasteiger partial charge in [0.15, 0.2) is 0 Å². The first kappa shape index (κ1) is 15.2. The third kappa shape index (κ3) is 4.37. The van der Waals surface area contributed by atoms with E-state index in [2.05, 4.69) is 16.0 Å². The summed E-state index contributed by atoms with van der Waals surface area (Å²) in [6, 6.07) is 6.92. The van der Waals surface area contributed by atoms with Gasteiger partial charge in [-0.25, -0.2) is 9.59 Å². The van der Waals surface area contributed by atoms with Crippen molar-refractivity contribution in [1.82, 2.24) is 10.6 Å². The summed E-state index contributed by atoms with van der Waals surface area (Å²) in [5.41, 5.74) is 1.24. The second kappa shape index (κ2) is 6.03. The average Bonchev–Trinajstić information content (AvgIpc) is 2.38. The highest BCUT2D eigenvalue weighted by atomic mass is 16.2. The van der Waals surface area contributed by atoms with E-state index in [1.54, 1.807) is 17.0 Å². The number of amides is 4. The molecule has 114 valence electrons. The van der Waals surface area contributed by atoms with Crippen LogP contribution in [0.1, 0.15) is 27.2 Å². The summed E-state index contributed by atoms with van der Waals surface area (Å²) < 4.78 is 0. The molecule has 0 saturated carbocycles. The van der Waals surface area contributed by atoms with E-state index >= 15 is 0 Å². The molecule has 21 heavy (non-hydrogen) atoms. The highest BCUT2D eigenvalue weighted by Crippen LogP contribution is 2.19. The highest BCUT2D eigenvalue weighted by Gasteiger charge is 2.19. The molecule has 0 aliphatic carbocycles. The first-order valence-corrected chi connectivity index (χ1v) is 7.10. The molecule has 6 heteroatoms. The zero-order chi connectivity index (χ0) is 15.5. The van der Waals surface area contributed by atoms with Gasteiger partial charge in [-0.2, -0.15) is 0 Å². The Bertz CT molecular complexity index is 519. The number of carbonyl (C=O) groups is 2. The van der Waals surface area contributed by atoms with E-state index in [4.69, 9.17) is 0 Å². The van der Waals surface area contributed by atoms with Crippen molar-refractivity contribution >= 4 is 23.4 Å². The van der Waals surface area contributed by atoms with Crippen LogP contribution in [0.3, 0.4) is 0 Å². The molecule has 1 aliphatic heterocycles. The minimum Gasteiger partial charge on any atom is -0.338 e. The van der Waals surface area contributed by atoms with Gasteiger partial charge in [0.1, 0.15) is 0 Å². The van der Waals surface area contributed by atoms with Crippen LogP contribution in [0.15, 0.2) is 24.3 Å². The summed E-state index contributed by atoms with van der Waals surface area (Å²) in [7, 11) is 0. The molecule has 2 rings (SSSR count). The summed E-state index contributed by atoms with van der Waals surface area (Å²) in [5.74, 6) is 0. The second-order valence-corrected chi connectivity index (χ2v) is 6.11. The molecule has 3 N–H and O–H groups in total. The SMILES string of the molecule is CC(C)(C)NC(=O)Nc1ccc(N2CCCNC2=O)cc1. The minimum atomic E-state index is -0.282. The molecule has 1 saturated heterocycles. The molecular weight excluding hydrogens is 268 g/mol. The predicted molar refractivity (Wildman–Crippen MR) is 83.7 cm³/mol. The molecule has 1 aromatic rings. The van der Waals surface area contributed by atoms with E-state index in [1.807, 2.05) is 32.9 Å². The monoisotopic (exact) mass is 290 g/mol. The van der Waals surface area contributed by atoms with Gasteiger partial charge in [0, 0.05) is 30.0 Å². The summed E-state index contributed by atoms with van der Waals surface area (Å²) in [4.78, 5) is 25.2. The van der Waals surface area contributed by atoms with Crippen LogP contribution in [0.2, 0.25) is 0 Å². The molecule has 1 aliphatic rings. The maximum atomic E-state index is 11.8. The zero-order valence-corrected chi connectivity index (χ0v) is 12.7. The second-order valence-electron chi connectivity index (χ2n) is 6.11. The van der Waals surface area contributed by atoms with Crippen LogP contribution >= 0.6 is 0 Å². The summed E-state index contributed by atoms with van der Waals surface area (Å²) in [6.45, 7) is 7.20. The van der Waals surface area contributed by atoms with Crippen molar-refractivity contribution in [3.05, 3.63) is 24.3 Å². The molecule has 0 spiro atoms. The van der Waals surface area contributed by atoms with Crippen molar-refractivity contribution in [3.8, 4) is 0 Å². The van der Waals surface area contributed by atoms with Gasteiger partial charge < -0.3 is 16.0 Å². The Morgan fingerprint density at radius 2 is 1.90 bits per heavy atom. The fraction of sp³-hybridized carbons (Fsp3) is 0.467. The van der Waals surface area contributed by atoms with Crippen LogP contribution in [0.4, 0.5) is 21.0 Å². The van der Waals surface area contributed by atoms with Crippen LogP contribution < -0.4 is 20.9 Å². The number of carbonyl (C=O) groups excluding carboxylic acids is 2. The molecule has 0 radical (unpaired) electrons. The van der Waals surface area contributed by atoms with E-state index in [9.17, 15) is 9.59 Å². The third-order valence-corrected chi connectivity index (χ3v) is 3.01. The quantitative estimate of drug-likeness (QED) is 0.783. The number of nitrogens with one attached hydrogen (secondary N) is 3. The van der Waals surface area contributed by atoms with E-state index in [0.29, 0.717) is 12.2 Å². The molecular formula is C15H22N4O2. The van der Waals surface area contributed by atoms with Crippen molar-refractivity contribution in [2.45, 2.75) is 32.7 Å². The Morgan fingerprint density at radius 3 is 2.48 bits per heavy atom. The molecule has 0 aromatic heterocycles. The van der Waals surface area contributed by atoms with Crippen LogP contribution in [0, 0.1) is 0 Å². The fourth-order valence-corrected chi connectivity index (χ4v) is 2.10. The van der Waals surface area contributed by atoms with Crippen molar-refractivity contribution in [2.24, 2.45) is 0 Å². The number of anilines is 2. The van der Waals surface area contributed by atoms with Gasteiger partial charge in [-0.1, -0.05) is 0 Å². The molecule has 0 bridgehead atoms. The predicted octanol–water partition coefficient (Wildman–Crippen LogP) is 2.53. The lowest BCUT2D eigenvalue weighted by Gasteiger charge is -2.27. The first-order valence-electron chi connectivity index (χ1n) is 7.10. The lowest BCUT2D eigenvalue weighted by atomic mass is 10.1. The molecule has 1 aromatic carbocycles. The number of hydrogen-bond acceptors (Lipinski definition) is 2. The standard InChI is InChI=1S/C15H22N4O2/c1-15(2,3)18-13(20)17-11-5-7-12(8-6-11)19-10-4-9-16-14(19)21/h5-8H,4,9-10H2,1-3H3,(H,16,21)(H2,17,18,20). The number of nitrogens with zero attached hydrogens (tertiary/aromatic N) is 1. The minimum absolute atomic E-state index is 0.0764. The highest BCUT2D eigenvalue weighted by molar-refractivity contribution is 5.93. The van der Waals surface area contributed by atoms with Crippen molar-refractivity contribution in [2.75, 3.05) is 23.3 Å². The van der Waals surface area contributed by atoms with Gasteiger partial charge >= 0.3 is 12.1 Å². The van der Waals surface area contributed by atoms with Gasteiger partial charge in [-0.15, -0.1) is 0 Å². The maximum Gasteiger partial charge on any atom is 0.321 e. The van der Waals surface area contributed by atoms with Crippen molar-refractivity contribution in [1.29, 1.82) is 0 Å². The smallest absolute Gasteiger partial charge is 0.321 e. The van der Waals surface area contributed by atoms with Crippen LogP contribution in [-0.4, -0.2) is 30.7 Å². The largest absolute Gasteiger partial charge is 0.338 e. The Kier molecular flexibility index (Phi) is 4.35. The topological polar surface area (TPSA) is 73.5 Å². The molecule has 0 unspecified atom stereocenters. The molecule has 1 fully saturated rings. The third-order valence-electron chi connectivity index (χ3n) is 3.01. The summed E-state index contributed by atoms with van der Waals surface area (Å²) in [5, 5.41) is 8.41. The van der Waals surface area contributed by atoms with E-state index in [-0.39, 0.29) is 17.6 Å². The Hall–Kier alpha value is -2.24. The van der Waals surface area contributed by atoms with Gasteiger partial charge in [0.05, 0.1) is 0 Å². The van der Waals surface area contributed by atoms with Crippen LogP contribution in [-0.2, 0) is 0 Å². The number of hydrogen-bond donors (Lipinski definition) is 3. The average molecular weight is 290 g/mol. The van der Waals surface area contributed by atoms with Crippen molar-refractivity contribution < 1.29 is 9.59 Å². The Balaban J connectivity index is 1.99. The van der Waals surface area contributed by atoms with E-state index in [0.717, 1.165) is 18.7 Å². The number of benzene rings is 1. The fourth-order valence-electron chi connectivity index (χ4n) is 2.10. The number of rotatable bonds is 2. The molecule has 4 amide bonds. The normalized spacial score (nSPS) is 15.4. The van der Waals surface area contributed by atoms with Gasteiger partial charge in [0.2, 0.25) is 0 Å². The van der Waals surface area contributed by atoms with Crippen molar-refractivity contribution in [3.63, 3.8) is 0 Å². The lowest BCUT2D eigenvalue weighted by molar-refractivity contribution is 0.242. The van der Waals surface area contributed by atoms with Gasteiger partial charge in [0.25, 0.3) is 0 Å². The molecule has 1 heterocycles. The van der Waals surface area contributed by atoms with Gasteiger partial charge in [-0.05, 0) is 51.5 Å². The number of urea groups is 2.